The average molecular weight is 543 g/mol. The number of benzene rings is 1. The molecule has 194 valence electrons. The number of pyridine rings is 1. The van der Waals surface area contributed by atoms with Crippen LogP contribution in [0.2, 0.25) is 10.0 Å². The number of piperazine rings is 1. The van der Waals surface area contributed by atoms with Crippen LogP contribution in [0.25, 0.3) is 11.3 Å². The Morgan fingerprint density at radius 3 is 2.54 bits per heavy atom. The van der Waals surface area contributed by atoms with E-state index < -0.39 is 5.91 Å². The van der Waals surface area contributed by atoms with Gasteiger partial charge in [-0.15, -0.1) is 0 Å². The number of amides is 1. The molecule has 2 aromatic heterocycles. The van der Waals surface area contributed by atoms with Crippen LogP contribution >= 0.6 is 11.6 Å². The van der Waals surface area contributed by atoms with E-state index >= 15 is 0 Å². The van der Waals surface area contributed by atoms with E-state index in [1.54, 1.807) is 6.07 Å². The average Bonchev–Trinajstić information content (AvgIpc) is 2.89. The van der Waals surface area contributed by atoms with Crippen molar-refractivity contribution in [3.8, 4) is 11.3 Å². The molecule has 5 rings (SSSR count). The number of ether oxygens (including phenoxy) is 1. The Morgan fingerprint density at radius 1 is 1.08 bits per heavy atom. The Balaban J connectivity index is 1.44. The highest BCUT2D eigenvalue weighted by Crippen LogP contribution is 2.30. The molecule has 2 saturated heterocycles. The number of nitrogens with two attached hydrogens (primary N) is 1. The number of hydrogen-bond acceptors (Lipinski definition) is 8. The van der Waals surface area contributed by atoms with E-state index in [-0.39, 0.29) is 12.1 Å². The zero-order valence-electron chi connectivity index (χ0n) is 20.8. The van der Waals surface area contributed by atoms with Crippen molar-refractivity contribution in [2.75, 3.05) is 54.1 Å². The summed E-state index contributed by atoms with van der Waals surface area (Å²) in [5, 5.41) is 1.20. The highest BCUT2D eigenvalue weighted by atomic mass is 35.5. The van der Waals surface area contributed by atoms with E-state index in [1.807, 2.05) is 30.3 Å². The summed E-state index contributed by atoms with van der Waals surface area (Å²) in [5.74, 6) is 1.73. The fraction of sp³-hybridized carbons (Fsp3) is 0.385. The summed E-state index contributed by atoms with van der Waals surface area (Å²) in [6.07, 6.45) is 1.49. The number of carbonyl (C=O) groups excluding carboxylic acids is 1. The maximum Gasteiger partial charge on any atom is 0.268 e. The molecule has 2 N–H and O–H groups in total. The van der Waals surface area contributed by atoms with E-state index in [1.165, 1.54) is 6.20 Å². The first-order chi connectivity index (χ1) is 17.8. The molecule has 0 bridgehead atoms. The van der Waals surface area contributed by atoms with Gasteiger partial charge in [-0.25, -0.2) is 9.97 Å². The summed E-state index contributed by atoms with van der Waals surface area (Å²) in [5.41, 5.74) is 7.53. The van der Waals surface area contributed by atoms with Gasteiger partial charge in [-0.1, -0.05) is 23.7 Å². The first-order valence-electron chi connectivity index (χ1n) is 12.3. The molecule has 2 aliphatic rings. The van der Waals surface area contributed by atoms with E-state index in [9.17, 15) is 4.79 Å². The van der Waals surface area contributed by atoms with Gasteiger partial charge in [0.25, 0.3) is 5.02 Å². The minimum Gasteiger partial charge on any atom is -0.377 e. The van der Waals surface area contributed by atoms with Crippen LogP contribution in [-0.2, 0) is 4.74 Å². The molecule has 2 fully saturated rings. The zero-order chi connectivity index (χ0) is 26.1. The molecule has 3 aromatic rings. The Labute approximate surface area is 226 Å². The monoisotopic (exact) mass is 542 g/mol. The van der Waals surface area contributed by atoms with Crippen molar-refractivity contribution >= 4 is 35.1 Å². The van der Waals surface area contributed by atoms with Gasteiger partial charge in [0, 0.05) is 61.1 Å². The number of aromatic nitrogens is 3. The van der Waals surface area contributed by atoms with E-state index in [0.717, 1.165) is 30.2 Å². The molecule has 1 aromatic carbocycles. The smallest absolute Gasteiger partial charge is 0.268 e. The molecule has 4 heterocycles. The second kappa shape index (κ2) is 10.7. The van der Waals surface area contributed by atoms with Crippen LogP contribution in [0.4, 0.5) is 17.6 Å². The third-order valence-corrected chi connectivity index (χ3v) is 7.36. The molecule has 2 atom stereocenters. The number of halogens is 2. The van der Waals surface area contributed by atoms with Crippen molar-refractivity contribution in [3.63, 3.8) is 0 Å². The first-order valence-corrected chi connectivity index (χ1v) is 13.1. The van der Waals surface area contributed by atoms with Gasteiger partial charge in [0.2, 0.25) is 11.9 Å². The third kappa shape index (κ3) is 5.44. The van der Waals surface area contributed by atoms with Gasteiger partial charge < -0.3 is 25.2 Å². The highest BCUT2D eigenvalue weighted by Gasteiger charge is 2.30. The summed E-state index contributed by atoms with van der Waals surface area (Å²) in [7, 11) is 0. The lowest BCUT2D eigenvalue weighted by atomic mass is 10.1. The van der Waals surface area contributed by atoms with Crippen LogP contribution in [0, 0.1) is 11.6 Å². The van der Waals surface area contributed by atoms with Crippen LogP contribution in [0.1, 0.15) is 24.2 Å². The largest absolute Gasteiger partial charge is 0.377 e. The van der Waals surface area contributed by atoms with Gasteiger partial charge in [-0.3, -0.25) is 4.79 Å². The molecule has 9 nitrogen and oxygen atoms in total. The van der Waals surface area contributed by atoms with Crippen molar-refractivity contribution in [3.05, 3.63) is 58.2 Å². The van der Waals surface area contributed by atoms with E-state index in [4.69, 9.17) is 43.6 Å². The third-order valence-electron chi connectivity index (χ3n) is 6.80. The van der Waals surface area contributed by atoms with Crippen molar-refractivity contribution < 1.29 is 21.1 Å². The summed E-state index contributed by atoms with van der Waals surface area (Å²) >= 11 is 11.7. The van der Waals surface area contributed by atoms with Gasteiger partial charge >= 0.3 is 0 Å². The maximum absolute atomic E-state index is 11.5. The van der Waals surface area contributed by atoms with Crippen molar-refractivity contribution in [1.29, 1.82) is 0 Å². The highest BCUT2D eigenvalue weighted by molar-refractivity contribution is 6.30. The molecule has 0 aliphatic carbocycles. The molecule has 11 heteroatoms. The predicted octanol–water partition coefficient (Wildman–Crippen LogP) is 2.93. The van der Waals surface area contributed by atoms with Gasteiger partial charge in [0.15, 0.2) is 17.4 Å². The molecular formula is C26H30Cl2N7O2+. The fourth-order valence-electron chi connectivity index (χ4n) is 4.79. The maximum atomic E-state index is 11.5. The summed E-state index contributed by atoms with van der Waals surface area (Å²) in [6, 6.07) is 11.7. The number of primary amides is 1. The van der Waals surface area contributed by atoms with E-state index in [2.05, 4.69) is 33.5 Å². The summed E-state index contributed by atoms with van der Waals surface area (Å²) in [6.45, 7) is 8.46. The van der Waals surface area contributed by atoms with Gasteiger partial charge in [0.05, 0.1) is 30.5 Å². The number of hydrogen-bond donors (Lipinski definition) is 1. The minimum absolute atomic E-state index is 0.128. The Bertz CT molecular complexity index is 1290. The number of carbonyl (C=O) groups is 1. The fourth-order valence-corrected chi connectivity index (χ4v) is 5.23. The normalized spacial score (nSPS) is 20.3. The van der Waals surface area contributed by atoms with Gasteiger partial charge in [0.1, 0.15) is 5.82 Å². The molecule has 2 aliphatic heterocycles. The zero-order valence-corrected chi connectivity index (χ0v) is 22.4. The van der Waals surface area contributed by atoms with Crippen LogP contribution in [-0.4, -0.2) is 72.3 Å². The first kappa shape index (κ1) is 25.5. The number of anilines is 3. The predicted molar refractivity (Wildman–Crippen MR) is 142 cm³/mol. The van der Waals surface area contributed by atoms with Gasteiger partial charge in [-0.2, -0.15) is 4.98 Å². The lowest BCUT2D eigenvalue weighted by molar-refractivity contribution is -0.288. The lowest BCUT2D eigenvalue weighted by Gasteiger charge is -2.41. The molecule has 0 radical (unpaired) electrons. The molecule has 0 unspecified atom stereocenters. The second-order valence-corrected chi connectivity index (χ2v) is 10.3. The molecular weight excluding hydrogens is 513 g/mol. The molecule has 37 heavy (non-hydrogen) atoms. The minimum atomic E-state index is -0.533. The van der Waals surface area contributed by atoms with Crippen molar-refractivity contribution in [2.24, 2.45) is 5.73 Å². The van der Waals surface area contributed by atoms with Gasteiger partial charge in [-0.05, 0) is 26.0 Å². The molecule has 1 amide bonds. The van der Waals surface area contributed by atoms with E-state index in [0.29, 0.717) is 53.7 Å². The summed E-state index contributed by atoms with van der Waals surface area (Å²) < 4.78 is 5.64. The SMILES string of the molecule is C[C@@H]1CN(c2ncc(C(N)=O)cc2[ClH+])CCN1c1cc(-c2ccc(Cl)cc2)nc(N2CCOC[C@H]2C)n1. The molecule has 0 saturated carbocycles. The lowest BCUT2D eigenvalue weighted by Crippen LogP contribution is -2.53. The van der Waals surface area contributed by atoms with Crippen LogP contribution in [0.5, 0.6) is 0 Å². The second-order valence-electron chi connectivity index (χ2n) is 9.43. The molecule has 0 spiro atoms. The Kier molecular flexibility index (Phi) is 7.37. The number of morpholine rings is 1. The quantitative estimate of drug-likeness (QED) is 0.525. The summed E-state index contributed by atoms with van der Waals surface area (Å²) in [4.78, 5) is 32.6. The number of nitrogens with zero attached hydrogens (tertiary/aromatic N) is 6. The van der Waals surface area contributed by atoms with Crippen molar-refractivity contribution in [2.45, 2.75) is 25.9 Å². The van der Waals surface area contributed by atoms with Crippen molar-refractivity contribution in [1.82, 2.24) is 15.0 Å². The topological polar surface area (TPSA) is 101 Å². The standard InChI is InChI=1S/C26H29Cl2N7O2/c1-16-14-33(25-21(28)11-19(13-30-25)24(29)36)7-8-34(16)23-12-22(18-3-5-20(27)6-4-18)31-26(32-23)35-9-10-37-15-17(35)2/h3-6,11-13,16-17,28H,7-10,14-15H2,1-2H3,(H-,29,36)/p+1/t16-,17-/m1/s1. The van der Waals surface area contributed by atoms with Crippen LogP contribution in [0.3, 0.4) is 0 Å². The Morgan fingerprint density at radius 2 is 1.86 bits per heavy atom. The van der Waals surface area contributed by atoms with Crippen LogP contribution < -0.4 is 20.4 Å². The number of rotatable bonds is 5. The Hall–Kier alpha value is -3.14. The van der Waals surface area contributed by atoms with Crippen LogP contribution in [0.15, 0.2) is 42.6 Å².